The van der Waals surface area contributed by atoms with Gasteiger partial charge >= 0.3 is 6.09 Å². The van der Waals surface area contributed by atoms with E-state index in [0.717, 1.165) is 49.7 Å². The van der Waals surface area contributed by atoms with Crippen molar-refractivity contribution < 1.29 is 19.0 Å². The number of amides is 1. The molecule has 1 aliphatic rings. The number of nitrogens with one attached hydrogen (secondary N) is 1. The van der Waals surface area contributed by atoms with E-state index in [0.29, 0.717) is 6.61 Å². The van der Waals surface area contributed by atoms with Crippen LogP contribution in [0.1, 0.15) is 18.1 Å². The summed E-state index contributed by atoms with van der Waals surface area (Å²) >= 11 is 0. The zero-order chi connectivity index (χ0) is 16.5. The van der Waals surface area contributed by atoms with Gasteiger partial charge in [-0.15, -0.1) is 0 Å². The van der Waals surface area contributed by atoms with Gasteiger partial charge in [-0.25, -0.2) is 10.2 Å². The van der Waals surface area contributed by atoms with E-state index in [2.05, 4.69) is 15.4 Å². The second-order valence-corrected chi connectivity index (χ2v) is 5.05. The first kappa shape index (κ1) is 17.2. The summed E-state index contributed by atoms with van der Waals surface area (Å²) in [4.78, 5) is 13.5. The van der Waals surface area contributed by atoms with Crippen LogP contribution in [0.2, 0.25) is 0 Å². The molecule has 0 aromatic heterocycles. The predicted molar refractivity (Wildman–Crippen MR) is 86.8 cm³/mol. The molecule has 1 aliphatic heterocycles. The van der Waals surface area contributed by atoms with Crippen LogP contribution < -0.4 is 10.2 Å². The number of benzene rings is 1. The summed E-state index contributed by atoms with van der Waals surface area (Å²) in [7, 11) is 1.66. The first-order valence-electron chi connectivity index (χ1n) is 7.65. The molecule has 0 unspecified atom stereocenters. The Bertz CT molecular complexity index is 542. The fourth-order valence-electron chi connectivity index (χ4n) is 2.33. The van der Waals surface area contributed by atoms with Gasteiger partial charge in [-0.1, -0.05) is 0 Å². The number of carbonyl (C=O) groups is 1. The summed E-state index contributed by atoms with van der Waals surface area (Å²) in [6.07, 6.45) is 1.02. The molecule has 1 aromatic rings. The van der Waals surface area contributed by atoms with E-state index in [1.54, 1.807) is 20.2 Å². The Balaban J connectivity index is 2.02. The number of hydrogen-bond donors (Lipinski definition) is 1. The molecule has 2 rings (SSSR count). The lowest BCUT2D eigenvalue weighted by molar-refractivity contribution is 0.0339. The molecule has 0 bridgehead atoms. The van der Waals surface area contributed by atoms with Crippen LogP contribution in [0, 0.1) is 0 Å². The summed E-state index contributed by atoms with van der Waals surface area (Å²) in [5.74, 6) is 0.840. The summed E-state index contributed by atoms with van der Waals surface area (Å²) < 4.78 is 15.5. The molecule has 1 aromatic carbocycles. The topological polar surface area (TPSA) is 72.4 Å². The number of methoxy groups -OCH3 is 1. The highest BCUT2D eigenvalue weighted by molar-refractivity contribution is 5.81. The Hall–Kier alpha value is -2.12. The van der Waals surface area contributed by atoms with Gasteiger partial charge in [0.25, 0.3) is 0 Å². The van der Waals surface area contributed by atoms with Crippen LogP contribution in [-0.4, -0.2) is 57.2 Å². The van der Waals surface area contributed by atoms with E-state index in [1.807, 2.05) is 18.2 Å². The minimum atomic E-state index is -0.564. The fraction of sp³-hybridized carbons (Fsp3) is 0.500. The first-order valence-corrected chi connectivity index (χ1v) is 7.65. The highest BCUT2D eigenvalue weighted by Crippen LogP contribution is 2.21. The van der Waals surface area contributed by atoms with Gasteiger partial charge < -0.3 is 14.2 Å². The van der Waals surface area contributed by atoms with Crippen LogP contribution in [0.15, 0.2) is 23.3 Å². The van der Waals surface area contributed by atoms with E-state index in [9.17, 15) is 4.79 Å². The van der Waals surface area contributed by atoms with E-state index in [-0.39, 0.29) is 0 Å². The third kappa shape index (κ3) is 5.54. The van der Waals surface area contributed by atoms with Crippen LogP contribution in [0.5, 0.6) is 5.75 Å². The third-order valence-corrected chi connectivity index (χ3v) is 3.45. The summed E-state index contributed by atoms with van der Waals surface area (Å²) in [5.41, 5.74) is 4.27. The normalized spacial score (nSPS) is 15.6. The number of morpholine rings is 1. The number of nitrogens with zero attached hydrogens (tertiary/aromatic N) is 2. The van der Waals surface area contributed by atoms with Gasteiger partial charge in [0.1, 0.15) is 5.75 Å². The lowest BCUT2D eigenvalue weighted by Crippen LogP contribution is -2.35. The summed E-state index contributed by atoms with van der Waals surface area (Å²) in [6, 6.07) is 5.80. The monoisotopic (exact) mass is 321 g/mol. The molecule has 1 amide bonds. The predicted octanol–water partition coefficient (Wildman–Crippen LogP) is 1.61. The molecule has 1 N–H and O–H groups in total. The zero-order valence-electron chi connectivity index (χ0n) is 13.6. The van der Waals surface area contributed by atoms with E-state index < -0.39 is 6.09 Å². The van der Waals surface area contributed by atoms with Gasteiger partial charge in [0.15, 0.2) is 0 Å². The molecule has 0 saturated carbocycles. The quantitative estimate of drug-likeness (QED) is 0.636. The highest BCUT2D eigenvalue weighted by Gasteiger charge is 2.13. The Morgan fingerprint density at radius 3 is 2.91 bits per heavy atom. The maximum atomic E-state index is 11.2. The second kappa shape index (κ2) is 9.12. The van der Waals surface area contributed by atoms with Crippen molar-refractivity contribution in [3.8, 4) is 5.75 Å². The average Bonchev–Trinajstić information content (AvgIpc) is 2.56. The molecule has 1 heterocycles. The molecule has 1 saturated heterocycles. The number of hydrazone groups is 1. The van der Waals surface area contributed by atoms with Crippen LogP contribution in [0.4, 0.5) is 4.79 Å². The number of hydrogen-bond acceptors (Lipinski definition) is 6. The Morgan fingerprint density at radius 2 is 2.22 bits per heavy atom. The molecular weight excluding hydrogens is 298 g/mol. The molecular formula is C16H23N3O4. The molecule has 1 fully saturated rings. The van der Waals surface area contributed by atoms with Crippen molar-refractivity contribution in [2.75, 3.05) is 40.0 Å². The van der Waals surface area contributed by atoms with E-state index in [4.69, 9.17) is 14.2 Å². The van der Waals surface area contributed by atoms with Crippen molar-refractivity contribution in [3.05, 3.63) is 29.3 Å². The van der Waals surface area contributed by atoms with Crippen molar-refractivity contribution in [2.24, 2.45) is 5.10 Å². The van der Waals surface area contributed by atoms with Gasteiger partial charge in [-0.05, 0) is 30.7 Å². The van der Waals surface area contributed by atoms with Gasteiger partial charge in [0.2, 0.25) is 0 Å². The van der Waals surface area contributed by atoms with Gasteiger partial charge in [0, 0.05) is 25.2 Å². The molecule has 0 atom stereocenters. The minimum Gasteiger partial charge on any atom is -0.496 e. The minimum absolute atomic E-state index is 0.313. The molecule has 23 heavy (non-hydrogen) atoms. The van der Waals surface area contributed by atoms with Crippen LogP contribution in [0.25, 0.3) is 0 Å². The second-order valence-electron chi connectivity index (χ2n) is 5.05. The molecule has 0 aliphatic carbocycles. The van der Waals surface area contributed by atoms with Gasteiger partial charge in [-0.2, -0.15) is 5.10 Å². The third-order valence-electron chi connectivity index (χ3n) is 3.45. The van der Waals surface area contributed by atoms with Crippen LogP contribution in [0.3, 0.4) is 0 Å². The molecule has 7 nitrogen and oxygen atoms in total. The van der Waals surface area contributed by atoms with E-state index >= 15 is 0 Å². The van der Waals surface area contributed by atoms with Gasteiger partial charge in [-0.3, -0.25) is 4.90 Å². The van der Waals surface area contributed by atoms with Crippen LogP contribution >= 0.6 is 0 Å². The highest BCUT2D eigenvalue weighted by atomic mass is 16.5. The summed E-state index contributed by atoms with van der Waals surface area (Å²) in [5, 5.41) is 3.88. The number of rotatable bonds is 6. The lowest BCUT2D eigenvalue weighted by Gasteiger charge is -2.27. The average molecular weight is 321 g/mol. The largest absolute Gasteiger partial charge is 0.496 e. The molecule has 126 valence electrons. The van der Waals surface area contributed by atoms with Crippen LogP contribution in [-0.2, 0) is 16.0 Å². The van der Waals surface area contributed by atoms with Crippen molar-refractivity contribution in [3.63, 3.8) is 0 Å². The van der Waals surface area contributed by atoms with Gasteiger partial charge in [0.05, 0.1) is 33.1 Å². The molecule has 0 spiro atoms. The lowest BCUT2D eigenvalue weighted by atomic mass is 10.1. The maximum absolute atomic E-state index is 11.2. The first-order chi connectivity index (χ1) is 11.2. The fourth-order valence-corrected chi connectivity index (χ4v) is 2.33. The smallest absolute Gasteiger partial charge is 0.427 e. The van der Waals surface area contributed by atoms with E-state index in [1.165, 1.54) is 0 Å². The Labute approximate surface area is 136 Å². The van der Waals surface area contributed by atoms with Crippen molar-refractivity contribution in [2.45, 2.75) is 13.5 Å². The summed E-state index contributed by atoms with van der Waals surface area (Å²) in [6.45, 7) is 6.18. The van der Waals surface area contributed by atoms with Crippen molar-refractivity contribution in [1.29, 1.82) is 0 Å². The Kier molecular flexibility index (Phi) is 6.83. The number of carbonyl (C=O) groups excluding carboxylic acids is 1. The van der Waals surface area contributed by atoms with Crippen molar-refractivity contribution >= 4 is 12.3 Å². The van der Waals surface area contributed by atoms with Crippen molar-refractivity contribution in [1.82, 2.24) is 10.3 Å². The molecule has 0 radical (unpaired) electrons. The Morgan fingerprint density at radius 1 is 1.43 bits per heavy atom. The SMILES string of the molecule is CCOC(=O)N/N=C/c1ccc(OC)c(CN2CCOCC2)c1. The standard InChI is InChI=1S/C16H23N3O4/c1-3-23-16(20)18-17-11-13-4-5-15(21-2)14(10-13)12-19-6-8-22-9-7-19/h4-5,10-11H,3,6-9,12H2,1-2H3,(H,18,20)/b17-11+. The zero-order valence-corrected chi connectivity index (χ0v) is 13.6. The maximum Gasteiger partial charge on any atom is 0.427 e. The molecule has 7 heteroatoms. The number of ether oxygens (including phenoxy) is 3.